The lowest BCUT2D eigenvalue weighted by Crippen LogP contribution is -1.91. The Kier molecular flexibility index (Phi) is 4.41. The van der Waals surface area contributed by atoms with E-state index in [1.807, 2.05) is 30.3 Å². The van der Waals surface area contributed by atoms with Crippen molar-refractivity contribution in [2.24, 2.45) is 0 Å². The van der Waals surface area contributed by atoms with E-state index in [-0.39, 0.29) is 0 Å². The zero-order valence-electron chi connectivity index (χ0n) is 8.45. The van der Waals surface area contributed by atoms with Gasteiger partial charge in [0.15, 0.2) is 0 Å². The minimum atomic E-state index is 0.593. The zero-order chi connectivity index (χ0) is 11.4. The standard InChI is InChI=1S/C12H10BrClOS/c13-12-5-4-11(16-12)8-15-7-9-2-1-3-10(14)6-9/h1-6H,7-8H2. The molecule has 0 saturated carbocycles. The van der Waals surface area contributed by atoms with Crippen LogP contribution in [0.1, 0.15) is 10.4 Å². The van der Waals surface area contributed by atoms with Gasteiger partial charge in [-0.3, -0.25) is 0 Å². The highest BCUT2D eigenvalue weighted by Crippen LogP contribution is 2.23. The van der Waals surface area contributed by atoms with Crippen LogP contribution in [-0.4, -0.2) is 0 Å². The largest absolute Gasteiger partial charge is 0.371 e. The van der Waals surface area contributed by atoms with E-state index in [2.05, 4.69) is 22.0 Å². The van der Waals surface area contributed by atoms with E-state index in [0.29, 0.717) is 13.2 Å². The fraction of sp³-hybridized carbons (Fsp3) is 0.167. The molecule has 1 aromatic carbocycles. The van der Waals surface area contributed by atoms with E-state index in [4.69, 9.17) is 16.3 Å². The summed E-state index contributed by atoms with van der Waals surface area (Å²) in [5.74, 6) is 0. The molecule has 0 atom stereocenters. The molecule has 0 radical (unpaired) electrons. The molecule has 16 heavy (non-hydrogen) atoms. The molecule has 2 aromatic rings. The third-order valence-electron chi connectivity index (χ3n) is 2.03. The molecule has 0 bridgehead atoms. The van der Waals surface area contributed by atoms with E-state index in [1.165, 1.54) is 4.88 Å². The molecule has 1 aromatic heterocycles. The van der Waals surface area contributed by atoms with Gasteiger partial charge in [-0.1, -0.05) is 23.7 Å². The molecule has 84 valence electrons. The van der Waals surface area contributed by atoms with Gasteiger partial charge in [0.25, 0.3) is 0 Å². The summed E-state index contributed by atoms with van der Waals surface area (Å²) in [6.45, 7) is 1.23. The number of rotatable bonds is 4. The highest BCUT2D eigenvalue weighted by molar-refractivity contribution is 9.11. The van der Waals surface area contributed by atoms with Gasteiger partial charge in [-0.25, -0.2) is 0 Å². The maximum atomic E-state index is 5.88. The Hall–Kier alpha value is -0.350. The molecule has 0 amide bonds. The Morgan fingerprint density at radius 1 is 1.19 bits per heavy atom. The SMILES string of the molecule is Clc1cccc(COCc2ccc(Br)s2)c1. The number of benzene rings is 1. The summed E-state index contributed by atoms with van der Waals surface area (Å²) in [7, 11) is 0. The quantitative estimate of drug-likeness (QED) is 0.781. The summed E-state index contributed by atoms with van der Waals surface area (Å²) < 4.78 is 6.74. The van der Waals surface area contributed by atoms with Crippen molar-refractivity contribution in [1.29, 1.82) is 0 Å². The van der Waals surface area contributed by atoms with Crippen molar-refractivity contribution >= 4 is 38.9 Å². The second kappa shape index (κ2) is 5.82. The van der Waals surface area contributed by atoms with Crippen molar-refractivity contribution < 1.29 is 4.74 Å². The van der Waals surface area contributed by atoms with E-state index in [9.17, 15) is 0 Å². The number of ether oxygens (including phenoxy) is 1. The van der Waals surface area contributed by atoms with Crippen molar-refractivity contribution in [2.45, 2.75) is 13.2 Å². The van der Waals surface area contributed by atoms with E-state index >= 15 is 0 Å². The molecule has 0 saturated heterocycles. The Bertz CT molecular complexity index is 470. The predicted molar refractivity (Wildman–Crippen MR) is 72.0 cm³/mol. The van der Waals surface area contributed by atoms with Crippen molar-refractivity contribution in [3.05, 3.63) is 55.6 Å². The highest BCUT2D eigenvalue weighted by Gasteiger charge is 1.99. The summed E-state index contributed by atoms with van der Waals surface area (Å²) >= 11 is 11.0. The van der Waals surface area contributed by atoms with Gasteiger partial charge in [-0.2, -0.15) is 0 Å². The fourth-order valence-electron chi connectivity index (χ4n) is 1.33. The summed E-state index contributed by atoms with van der Waals surface area (Å²) in [6, 6.07) is 11.8. The van der Waals surface area contributed by atoms with Crippen LogP contribution in [0.25, 0.3) is 0 Å². The number of hydrogen-bond acceptors (Lipinski definition) is 2. The smallest absolute Gasteiger partial charge is 0.0814 e. The Balaban J connectivity index is 1.84. The molecule has 0 aliphatic carbocycles. The molecule has 4 heteroatoms. The van der Waals surface area contributed by atoms with E-state index in [1.54, 1.807) is 11.3 Å². The molecule has 0 spiro atoms. The summed E-state index contributed by atoms with van der Waals surface area (Å²) in [6.07, 6.45) is 0. The summed E-state index contributed by atoms with van der Waals surface area (Å²) in [5, 5.41) is 0.750. The first-order valence-electron chi connectivity index (χ1n) is 4.80. The molecule has 2 rings (SSSR count). The van der Waals surface area contributed by atoms with Crippen LogP contribution in [0, 0.1) is 0 Å². The number of hydrogen-bond donors (Lipinski definition) is 0. The average Bonchev–Trinajstić information content (AvgIpc) is 2.64. The zero-order valence-corrected chi connectivity index (χ0v) is 11.6. The van der Waals surface area contributed by atoms with Gasteiger partial charge in [0, 0.05) is 9.90 Å². The van der Waals surface area contributed by atoms with Crippen LogP contribution in [0.3, 0.4) is 0 Å². The van der Waals surface area contributed by atoms with Gasteiger partial charge < -0.3 is 4.74 Å². The van der Waals surface area contributed by atoms with Crippen molar-refractivity contribution in [3.8, 4) is 0 Å². The average molecular weight is 318 g/mol. The first-order valence-corrected chi connectivity index (χ1v) is 6.79. The normalized spacial score (nSPS) is 10.6. The van der Waals surface area contributed by atoms with Gasteiger partial charge in [-0.15, -0.1) is 11.3 Å². The van der Waals surface area contributed by atoms with Crippen LogP contribution < -0.4 is 0 Å². The lowest BCUT2D eigenvalue weighted by Gasteiger charge is -2.03. The molecule has 1 nitrogen and oxygen atoms in total. The topological polar surface area (TPSA) is 9.23 Å². The molecular weight excluding hydrogens is 308 g/mol. The number of halogens is 2. The molecule has 0 fully saturated rings. The predicted octanol–water partition coefficient (Wildman–Crippen LogP) is 4.88. The van der Waals surface area contributed by atoms with Crippen LogP contribution in [0.15, 0.2) is 40.2 Å². The lowest BCUT2D eigenvalue weighted by molar-refractivity contribution is 0.109. The molecule has 0 unspecified atom stereocenters. The monoisotopic (exact) mass is 316 g/mol. The Labute approximate surface area is 112 Å². The van der Waals surface area contributed by atoms with Crippen LogP contribution in [0.2, 0.25) is 5.02 Å². The Morgan fingerprint density at radius 2 is 2.06 bits per heavy atom. The molecule has 0 N–H and O–H groups in total. The minimum Gasteiger partial charge on any atom is -0.371 e. The van der Waals surface area contributed by atoms with Gasteiger partial charge >= 0.3 is 0 Å². The van der Waals surface area contributed by atoms with Crippen molar-refractivity contribution in [1.82, 2.24) is 0 Å². The lowest BCUT2D eigenvalue weighted by atomic mass is 10.2. The van der Waals surface area contributed by atoms with Crippen molar-refractivity contribution in [2.75, 3.05) is 0 Å². The highest BCUT2D eigenvalue weighted by atomic mass is 79.9. The number of thiophene rings is 1. The first-order chi connectivity index (χ1) is 7.74. The van der Waals surface area contributed by atoms with Crippen LogP contribution in [0.4, 0.5) is 0 Å². The van der Waals surface area contributed by atoms with Gasteiger partial charge in [0.05, 0.1) is 17.0 Å². The third kappa shape index (κ3) is 3.59. The van der Waals surface area contributed by atoms with Crippen molar-refractivity contribution in [3.63, 3.8) is 0 Å². The maximum Gasteiger partial charge on any atom is 0.0814 e. The van der Waals surface area contributed by atoms with E-state index < -0.39 is 0 Å². The Morgan fingerprint density at radius 3 is 2.75 bits per heavy atom. The van der Waals surface area contributed by atoms with Gasteiger partial charge in [0.1, 0.15) is 0 Å². The maximum absolute atomic E-state index is 5.88. The summed E-state index contributed by atoms with van der Waals surface area (Å²) in [5.41, 5.74) is 1.10. The fourth-order valence-corrected chi connectivity index (χ4v) is 2.96. The van der Waals surface area contributed by atoms with Gasteiger partial charge in [-0.05, 0) is 45.8 Å². The molecule has 0 aliphatic rings. The molecule has 1 heterocycles. The van der Waals surface area contributed by atoms with Gasteiger partial charge in [0.2, 0.25) is 0 Å². The van der Waals surface area contributed by atoms with Crippen LogP contribution >= 0.6 is 38.9 Å². The second-order valence-corrected chi connectivity index (χ2v) is 6.31. The second-order valence-electron chi connectivity index (χ2n) is 3.33. The summed E-state index contributed by atoms with van der Waals surface area (Å²) in [4.78, 5) is 1.22. The minimum absolute atomic E-state index is 0.593. The molecule has 0 aliphatic heterocycles. The third-order valence-corrected chi connectivity index (χ3v) is 3.86. The molecular formula is C12H10BrClOS. The van der Waals surface area contributed by atoms with Crippen LogP contribution in [0.5, 0.6) is 0 Å². The van der Waals surface area contributed by atoms with E-state index in [0.717, 1.165) is 14.4 Å². The van der Waals surface area contributed by atoms with Crippen LogP contribution in [-0.2, 0) is 18.0 Å². The first kappa shape index (κ1) is 12.1.